The predicted molar refractivity (Wildman–Crippen MR) is 64.8 cm³/mol. The van der Waals surface area contributed by atoms with Crippen molar-refractivity contribution in [3.8, 4) is 0 Å². The first-order valence-corrected chi connectivity index (χ1v) is 5.50. The second-order valence-corrected chi connectivity index (χ2v) is 3.94. The molecule has 0 aliphatic heterocycles. The summed E-state index contributed by atoms with van der Waals surface area (Å²) in [7, 11) is 3.82. The van der Waals surface area contributed by atoms with Gasteiger partial charge < -0.3 is 9.64 Å². The Bertz CT molecular complexity index is 413. The average Bonchev–Trinajstić information content (AvgIpc) is 2.28. The fourth-order valence-electron chi connectivity index (χ4n) is 1.53. The van der Waals surface area contributed by atoms with Crippen molar-refractivity contribution in [2.45, 2.75) is 13.5 Å². The van der Waals surface area contributed by atoms with E-state index in [9.17, 15) is 9.59 Å². The zero-order valence-electron chi connectivity index (χ0n) is 10.4. The van der Waals surface area contributed by atoms with Crippen molar-refractivity contribution >= 4 is 11.8 Å². The fourth-order valence-corrected chi connectivity index (χ4v) is 1.53. The van der Waals surface area contributed by atoms with Gasteiger partial charge in [0.2, 0.25) is 0 Å². The van der Waals surface area contributed by atoms with E-state index in [4.69, 9.17) is 4.74 Å². The van der Waals surface area contributed by atoms with Crippen LogP contribution >= 0.6 is 0 Å². The quantitative estimate of drug-likeness (QED) is 0.441. The third-order valence-electron chi connectivity index (χ3n) is 2.21. The molecule has 0 N–H and O–H groups in total. The number of Topliss-reactive ketones (excluding diaryl/α,β-unsaturated/α-hetero) is 1. The molecule has 4 heteroatoms. The molecule has 0 unspecified atom stereocenters. The third kappa shape index (κ3) is 3.67. The number of hydrogen-bond acceptors (Lipinski definition) is 4. The molecule has 0 aromatic heterocycles. The lowest BCUT2D eigenvalue weighted by Crippen LogP contribution is -2.21. The SMILES string of the molecule is CCOC(=O)C(=O)c1ccccc1CN(C)C. The maximum absolute atomic E-state index is 11.8. The van der Waals surface area contributed by atoms with Crippen LogP contribution in [0.1, 0.15) is 22.8 Å². The summed E-state index contributed by atoms with van der Waals surface area (Å²) in [6.07, 6.45) is 0. The Morgan fingerprint density at radius 1 is 1.24 bits per heavy atom. The molecule has 0 atom stereocenters. The molecule has 92 valence electrons. The minimum absolute atomic E-state index is 0.209. The molecule has 1 aromatic rings. The summed E-state index contributed by atoms with van der Waals surface area (Å²) in [4.78, 5) is 25.2. The van der Waals surface area contributed by atoms with Gasteiger partial charge in [-0.15, -0.1) is 0 Å². The highest BCUT2D eigenvalue weighted by Gasteiger charge is 2.20. The summed E-state index contributed by atoms with van der Waals surface area (Å²) >= 11 is 0. The van der Waals surface area contributed by atoms with Crippen LogP contribution in [0.2, 0.25) is 0 Å². The maximum atomic E-state index is 11.8. The van der Waals surface area contributed by atoms with Crippen LogP contribution in [-0.4, -0.2) is 37.4 Å². The smallest absolute Gasteiger partial charge is 0.379 e. The molecule has 0 aliphatic rings. The van der Waals surface area contributed by atoms with Gasteiger partial charge in [0.05, 0.1) is 6.61 Å². The third-order valence-corrected chi connectivity index (χ3v) is 2.21. The van der Waals surface area contributed by atoms with E-state index in [0.717, 1.165) is 5.56 Å². The molecule has 4 nitrogen and oxygen atoms in total. The normalized spacial score (nSPS) is 10.4. The van der Waals surface area contributed by atoms with Crippen molar-refractivity contribution in [3.63, 3.8) is 0 Å². The fraction of sp³-hybridized carbons (Fsp3) is 0.385. The van der Waals surface area contributed by atoms with E-state index in [2.05, 4.69) is 0 Å². The van der Waals surface area contributed by atoms with Crippen LogP contribution in [0.3, 0.4) is 0 Å². The first kappa shape index (κ1) is 13.4. The van der Waals surface area contributed by atoms with E-state index in [1.807, 2.05) is 31.1 Å². The summed E-state index contributed by atoms with van der Waals surface area (Å²) in [6.45, 7) is 2.50. The number of esters is 1. The number of ketones is 1. The molecule has 0 radical (unpaired) electrons. The molecular weight excluding hydrogens is 218 g/mol. The topological polar surface area (TPSA) is 46.6 Å². The number of nitrogens with zero attached hydrogens (tertiary/aromatic N) is 1. The Morgan fingerprint density at radius 2 is 1.88 bits per heavy atom. The van der Waals surface area contributed by atoms with E-state index >= 15 is 0 Å². The monoisotopic (exact) mass is 235 g/mol. The second kappa shape index (κ2) is 6.15. The van der Waals surface area contributed by atoms with Gasteiger partial charge in [-0.25, -0.2) is 4.79 Å². The average molecular weight is 235 g/mol. The van der Waals surface area contributed by atoms with Gasteiger partial charge in [-0.05, 0) is 26.6 Å². The van der Waals surface area contributed by atoms with Crippen molar-refractivity contribution in [1.82, 2.24) is 4.90 Å². The van der Waals surface area contributed by atoms with Gasteiger partial charge in [0.25, 0.3) is 5.78 Å². The zero-order chi connectivity index (χ0) is 12.8. The number of carbonyl (C=O) groups excluding carboxylic acids is 2. The van der Waals surface area contributed by atoms with E-state index in [1.165, 1.54) is 0 Å². The summed E-state index contributed by atoms with van der Waals surface area (Å²) < 4.78 is 4.72. The summed E-state index contributed by atoms with van der Waals surface area (Å²) in [6, 6.07) is 7.08. The molecule has 17 heavy (non-hydrogen) atoms. The molecule has 0 fully saturated rings. The van der Waals surface area contributed by atoms with Crippen LogP contribution in [0.25, 0.3) is 0 Å². The van der Waals surface area contributed by atoms with Gasteiger partial charge in [-0.1, -0.05) is 24.3 Å². The predicted octanol–water partition coefficient (Wildman–Crippen LogP) is 1.49. The van der Waals surface area contributed by atoms with Crippen molar-refractivity contribution in [1.29, 1.82) is 0 Å². The lowest BCUT2D eigenvalue weighted by molar-refractivity contribution is -0.137. The Kier molecular flexibility index (Phi) is 4.84. The van der Waals surface area contributed by atoms with Crippen molar-refractivity contribution in [3.05, 3.63) is 35.4 Å². The summed E-state index contributed by atoms with van der Waals surface area (Å²) in [5.41, 5.74) is 1.25. The van der Waals surface area contributed by atoms with Gasteiger partial charge >= 0.3 is 5.97 Å². The summed E-state index contributed by atoms with van der Waals surface area (Å²) in [5, 5.41) is 0. The van der Waals surface area contributed by atoms with E-state index in [1.54, 1.807) is 19.1 Å². The largest absolute Gasteiger partial charge is 0.460 e. The molecule has 0 heterocycles. The minimum Gasteiger partial charge on any atom is -0.460 e. The van der Waals surface area contributed by atoms with E-state index in [-0.39, 0.29) is 6.61 Å². The molecule has 0 amide bonds. The minimum atomic E-state index is -0.793. The highest BCUT2D eigenvalue weighted by atomic mass is 16.5. The highest BCUT2D eigenvalue weighted by molar-refractivity contribution is 6.41. The number of hydrogen-bond donors (Lipinski definition) is 0. The lowest BCUT2D eigenvalue weighted by Gasteiger charge is -2.12. The van der Waals surface area contributed by atoms with Crippen LogP contribution in [0.5, 0.6) is 0 Å². The van der Waals surface area contributed by atoms with Crippen molar-refractivity contribution < 1.29 is 14.3 Å². The molecule has 0 bridgehead atoms. The Hall–Kier alpha value is -1.68. The summed E-state index contributed by atoms with van der Waals surface area (Å²) in [5.74, 6) is -1.37. The van der Waals surface area contributed by atoms with Crippen LogP contribution in [-0.2, 0) is 16.1 Å². The van der Waals surface area contributed by atoms with Gasteiger partial charge in [-0.3, -0.25) is 4.79 Å². The Balaban J connectivity index is 2.96. The second-order valence-electron chi connectivity index (χ2n) is 3.94. The molecule has 1 rings (SSSR count). The number of rotatable bonds is 5. The van der Waals surface area contributed by atoms with Gasteiger partial charge in [0, 0.05) is 12.1 Å². The van der Waals surface area contributed by atoms with Gasteiger partial charge in [0.15, 0.2) is 0 Å². The Labute approximate surface area is 101 Å². The molecule has 0 aliphatic carbocycles. The van der Waals surface area contributed by atoms with Crippen LogP contribution < -0.4 is 0 Å². The van der Waals surface area contributed by atoms with Gasteiger partial charge in [-0.2, -0.15) is 0 Å². The van der Waals surface area contributed by atoms with E-state index in [0.29, 0.717) is 12.1 Å². The molecule has 0 spiro atoms. The molecule has 0 saturated heterocycles. The molecule has 1 aromatic carbocycles. The van der Waals surface area contributed by atoms with Crippen LogP contribution in [0, 0.1) is 0 Å². The number of carbonyl (C=O) groups is 2. The first-order chi connectivity index (χ1) is 8.06. The highest BCUT2D eigenvalue weighted by Crippen LogP contribution is 2.12. The number of benzene rings is 1. The maximum Gasteiger partial charge on any atom is 0.379 e. The first-order valence-electron chi connectivity index (χ1n) is 5.50. The Morgan fingerprint density at radius 3 is 2.47 bits per heavy atom. The van der Waals surface area contributed by atoms with E-state index < -0.39 is 11.8 Å². The van der Waals surface area contributed by atoms with Crippen LogP contribution in [0.15, 0.2) is 24.3 Å². The van der Waals surface area contributed by atoms with Gasteiger partial charge in [0.1, 0.15) is 0 Å². The number of ether oxygens (including phenoxy) is 1. The van der Waals surface area contributed by atoms with Crippen molar-refractivity contribution in [2.75, 3.05) is 20.7 Å². The molecular formula is C13H17NO3. The standard InChI is InChI=1S/C13H17NO3/c1-4-17-13(16)12(15)11-8-6-5-7-10(11)9-14(2)3/h5-8H,4,9H2,1-3H3. The lowest BCUT2D eigenvalue weighted by atomic mass is 10.0. The van der Waals surface area contributed by atoms with Crippen LogP contribution in [0.4, 0.5) is 0 Å². The molecule has 0 saturated carbocycles. The van der Waals surface area contributed by atoms with Crippen molar-refractivity contribution in [2.24, 2.45) is 0 Å². The zero-order valence-corrected chi connectivity index (χ0v) is 10.4.